The molecule has 0 bridgehead atoms. The molecule has 78 valence electrons. The largest absolute Gasteiger partial charge is 0.485 e. The summed E-state index contributed by atoms with van der Waals surface area (Å²) in [5.41, 5.74) is 6.48. The van der Waals surface area contributed by atoms with E-state index in [1.165, 1.54) is 0 Å². The van der Waals surface area contributed by atoms with Gasteiger partial charge in [-0.05, 0) is 19.1 Å². The number of pyridine rings is 1. The molecular weight excluding hydrogens is 180 g/mol. The molecule has 0 radical (unpaired) electrons. The lowest BCUT2D eigenvalue weighted by Gasteiger charge is -2.15. The number of ether oxygens (including phenoxy) is 2. The van der Waals surface area contributed by atoms with Crippen molar-refractivity contribution in [2.24, 2.45) is 5.73 Å². The average molecular weight is 196 g/mol. The summed E-state index contributed by atoms with van der Waals surface area (Å²) < 4.78 is 10.5. The Balaban J connectivity index is 2.53. The lowest BCUT2D eigenvalue weighted by atomic mass is 10.3. The molecule has 4 heteroatoms. The minimum absolute atomic E-state index is 0.107. The van der Waals surface area contributed by atoms with Gasteiger partial charge in [-0.3, -0.25) is 4.98 Å². The van der Waals surface area contributed by atoms with E-state index in [1.54, 1.807) is 13.3 Å². The highest BCUT2D eigenvalue weighted by Crippen LogP contribution is 2.10. The first-order valence-electron chi connectivity index (χ1n) is 4.54. The van der Waals surface area contributed by atoms with Crippen molar-refractivity contribution in [1.29, 1.82) is 0 Å². The molecule has 0 saturated carbocycles. The van der Waals surface area contributed by atoms with Crippen LogP contribution in [0.3, 0.4) is 0 Å². The van der Waals surface area contributed by atoms with Crippen molar-refractivity contribution < 1.29 is 9.47 Å². The fourth-order valence-corrected chi connectivity index (χ4v) is 1.05. The predicted octanol–water partition coefficient (Wildman–Crippen LogP) is 0.743. The van der Waals surface area contributed by atoms with Crippen LogP contribution in [0.25, 0.3) is 0 Å². The molecule has 14 heavy (non-hydrogen) atoms. The number of methoxy groups -OCH3 is 1. The van der Waals surface area contributed by atoms with Gasteiger partial charge in [-0.2, -0.15) is 0 Å². The molecule has 1 atom stereocenters. The van der Waals surface area contributed by atoms with Crippen LogP contribution >= 0.6 is 0 Å². The molecule has 1 heterocycles. The van der Waals surface area contributed by atoms with E-state index in [0.29, 0.717) is 13.2 Å². The van der Waals surface area contributed by atoms with Crippen molar-refractivity contribution in [3.8, 4) is 5.75 Å². The third kappa shape index (κ3) is 3.32. The van der Waals surface area contributed by atoms with Crippen LogP contribution in [0.5, 0.6) is 5.75 Å². The van der Waals surface area contributed by atoms with Crippen molar-refractivity contribution >= 4 is 0 Å². The van der Waals surface area contributed by atoms with Gasteiger partial charge in [-0.15, -0.1) is 0 Å². The summed E-state index contributed by atoms with van der Waals surface area (Å²) in [6.45, 7) is 2.85. The van der Waals surface area contributed by atoms with Crippen molar-refractivity contribution in [2.75, 3.05) is 20.3 Å². The Kier molecular flexibility index (Phi) is 4.35. The lowest BCUT2D eigenvalue weighted by molar-refractivity contribution is 0.0858. The van der Waals surface area contributed by atoms with Crippen LogP contribution in [0.15, 0.2) is 18.3 Å². The highest BCUT2D eigenvalue weighted by Gasteiger charge is 2.07. The standard InChI is InChI=1S/C10H16N2O2/c1-8-3-4-9(6-12-8)14-10(5-11)7-13-2/h3-4,6,10H,5,7,11H2,1-2H3. The van der Waals surface area contributed by atoms with Gasteiger partial charge in [0.25, 0.3) is 0 Å². The molecule has 1 aromatic rings. The van der Waals surface area contributed by atoms with Gasteiger partial charge in [0.05, 0.1) is 12.8 Å². The normalized spacial score (nSPS) is 12.5. The number of nitrogens with two attached hydrogens (primary N) is 1. The van der Waals surface area contributed by atoms with E-state index >= 15 is 0 Å². The molecule has 0 aromatic carbocycles. The molecule has 0 saturated heterocycles. The van der Waals surface area contributed by atoms with Gasteiger partial charge in [0.1, 0.15) is 11.9 Å². The summed E-state index contributed by atoms with van der Waals surface area (Å²) in [6.07, 6.45) is 1.58. The van der Waals surface area contributed by atoms with Gasteiger partial charge >= 0.3 is 0 Å². The summed E-state index contributed by atoms with van der Waals surface area (Å²) in [5.74, 6) is 0.725. The van der Waals surface area contributed by atoms with Crippen LogP contribution in [0.1, 0.15) is 5.69 Å². The summed E-state index contributed by atoms with van der Waals surface area (Å²) >= 11 is 0. The molecule has 0 aliphatic rings. The Morgan fingerprint density at radius 1 is 1.50 bits per heavy atom. The summed E-state index contributed by atoms with van der Waals surface area (Å²) in [5, 5.41) is 0. The lowest BCUT2D eigenvalue weighted by Crippen LogP contribution is -2.31. The highest BCUT2D eigenvalue weighted by atomic mass is 16.5. The van der Waals surface area contributed by atoms with E-state index in [-0.39, 0.29) is 6.10 Å². The first-order valence-corrected chi connectivity index (χ1v) is 4.54. The maximum atomic E-state index is 5.55. The topological polar surface area (TPSA) is 57.4 Å². The number of aromatic nitrogens is 1. The third-order valence-corrected chi connectivity index (χ3v) is 1.80. The van der Waals surface area contributed by atoms with Crippen LogP contribution < -0.4 is 10.5 Å². The number of hydrogen-bond acceptors (Lipinski definition) is 4. The van der Waals surface area contributed by atoms with Crippen molar-refractivity contribution in [1.82, 2.24) is 4.98 Å². The molecule has 0 spiro atoms. The van der Waals surface area contributed by atoms with Gasteiger partial charge in [-0.1, -0.05) is 0 Å². The van der Waals surface area contributed by atoms with Gasteiger partial charge < -0.3 is 15.2 Å². The minimum atomic E-state index is -0.107. The van der Waals surface area contributed by atoms with Crippen LogP contribution in [-0.4, -0.2) is 31.3 Å². The summed E-state index contributed by atoms with van der Waals surface area (Å²) in [7, 11) is 1.62. The van der Waals surface area contributed by atoms with Crippen molar-refractivity contribution in [2.45, 2.75) is 13.0 Å². The van der Waals surface area contributed by atoms with Gasteiger partial charge in [0.2, 0.25) is 0 Å². The predicted molar refractivity (Wildman–Crippen MR) is 54.3 cm³/mol. The Labute approximate surface area is 84.0 Å². The van der Waals surface area contributed by atoms with Crippen LogP contribution in [-0.2, 0) is 4.74 Å². The van der Waals surface area contributed by atoms with Gasteiger partial charge in [-0.25, -0.2) is 0 Å². The molecule has 1 rings (SSSR count). The number of hydrogen-bond donors (Lipinski definition) is 1. The fraction of sp³-hybridized carbons (Fsp3) is 0.500. The monoisotopic (exact) mass is 196 g/mol. The first kappa shape index (κ1) is 10.9. The van der Waals surface area contributed by atoms with E-state index in [2.05, 4.69) is 4.98 Å². The molecule has 0 amide bonds. The van der Waals surface area contributed by atoms with Crippen LogP contribution in [0, 0.1) is 6.92 Å². The fourth-order valence-electron chi connectivity index (χ4n) is 1.05. The summed E-state index contributed by atoms with van der Waals surface area (Å²) in [4.78, 5) is 4.12. The van der Waals surface area contributed by atoms with E-state index < -0.39 is 0 Å². The third-order valence-electron chi connectivity index (χ3n) is 1.80. The second-order valence-electron chi connectivity index (χ2n) is 3.07. The van der Waals surface area contributed by atoms with Gasteiger partial charge in [0, 0.05) is 19.3 Å². The second-order valence-corrected chi connectivity index (χ2v) is 3.07. The zero-order valence-corrected chi connectivity index (χ0v) is 8.56. The molecule has 4 nitrogen and oxygen atoms in total. The molecule has 0 fully saturated rings. The number of nitrogens with zero attached hydrogens (tertiary/aromatic N) is 1. The second kappa shape index (κ2) is 5.57. The Hall–Kier alpha value is -1.13. The maximum Gasteiger partial charge on any atom is 0.138 e. The van der Waals surface area contributed by atoms with Crippen molar-refractivity contribution in [3.05, 3.63) is 24.0 Å². The Morgan fingerprint density at radius 3 is 2.79 bits per heavy atom. The highest BCUT2D eigenvalue weighted by molar-refractivity contribution is 5.19. The Bertz CT molecular complexity index is 261. The maximum absolute atomic E-state index is 5.55. The van der Waals surface area contributed by atoms with Crippen LogP contribution in [0.4, 0.5) is 0 Å². The minimum Gasteiger partial charge on any atom is -0.485 e. The molecule has 1 aromatic heterocycles. The SMILES string of the molecule is COCC(CN)Oc1ccc(C)nc1. The number of rotatable bonds is 5. The smallest absolute Gasteiger partial charge is 0.138 e. The average Bonchev–Trinajstić information content (AvgIpc) is 2.20. The molecule has 2 N–H and O–H groups in total. The van der Waals surface area contributed by atoms with Crippen LogP contribution in [0.2, 0.25) is 0 Å². The summed E-state index contributed by atoms with van der Waals surface area (Å²) in [6, 6.07) is 3.77. The van der Waals surface area contributed by atoms with E-state index in [0.717, 1.165) is 11.4 Å². The Morgan fingerprint density at radius 2 is 2.29 bits per heavy atom. The zero-order valence-electron chi connectivity index (χ0n) is 8.56. The molecule has 0 aliphatic carbocycles. The van der Waals surface area contributed by atoms with E-state index in [4.69, 9.17) is 15.2 Å². The molecular formula is C10H16N2O2. The number of aryl methyl sites for hydroxylation is 1. The van der Waals surface area contributed by atoms with E-state index in [1.807, 2.05) is 19.1 Å². The molecule has 0 aliphatic heterocycles. The molecule has 1 unspecified atom stereocenters. The van der Waals surface area contributed by atoms with Gasteiger partial charge in [0.15, 0.2) is 0 Å². The zero-order chi connectivity index (χ0) is 10.4. The quantitative estimate of drug-likeness (QED) is 0.754. The first-order chi connectivity index (χ1) is 6.76. The van der Waals surface area contributed by atoms with Crippen molar-refractivity contribution in [3.63, 3.8) is 0 Å². The van der Waals surface area contributed by atoms with E-state index in [9.17, 15) is 0 Å².